The molecule has 0 unspecified atom stereocenters. The zero-order chi connectivity index (χ0) is 24.0. The SMILES string of the molecule is C=C[C@@]1(C)CC[C@H]2C(=CC[C@H]3[C@@](C)(CO[C@@H]4O[C@@H](COC(C)=O)[C@H](O)[C@H]4O)CCC[C@]23C)C1. The van der Waals surface area contributed by atoms with Gasteiger partial charge in [-0.2, -0.15) is 0 Å². The average molecular weight is 463 g/mol. The largest absolute Gasteiger partial charge is 0.463 e. The number of esters is 1. The van der Waals surface area contributed by atoms with Gasteiger partial charge in [0, 0.05) is 6.92 Å². The second kappa shape index (κ2) is 9.10. The van der Waals surface area contributed by atoms with Gasteiger partial charge in [-0.1, -0.05) is 44.9 Å². The van der Waals surface area contributed by atoms with Gasteiger partial charge >= 0.3 is 5.97 Å². The second-order valence-electron chi connectivity index (χ2n) is 11.8. The smallest absolute Gasteiger partial charge is 0.302 e. The van der Waals surface area contributed by atoms with Crippen LogP contribution in [-0.2, 0) is 19.0 Å². The zero-order valence-electron chi connectivity index (χ0n) is 20.7. The molecule has 3 aliphatic carbocycles. The summed E-state index contributed by atoms with van der Waals surface area (Å²) in [4.78, 5) is 11.1. The van der Waals surface area contributed by atoms with E-state index >= 15 is 0 Å². The summed E-state index contributed by atoms with van der Waals surface area (Å²) in [6.07, 6.45) is 8.74. The lowest BCUT2D eigenvalue weighted by atomic mass is 9.45. The first-order chi connectivity index (χ1) is 15.5. The molecule has 33 heavy (non-hydrogen) atoms. The highest BCUT2D eigenvalue weighted by molar-refractivity contribution is 5.65. The number of aliphatic hydroxyl groups is 2. The predicted molar refractivity (Wildman–Crippen MR) is 125 cm³/mol. The summed E-state index contributed by atoms with van der Waals surface area (Å²) in [7, 11) is 0. The van der Waals surface area contributed by atoms with Crippen LogP contribution in [-0.4, -0.2) is 54.0 Å². The van der Waals surface area contributed by atoms with E-state index in [9.17, 15) is 15.0 Å². The first kappa shape index (κ1) is 24.9. The molecule has 0 amide bonds. The number of fused-ring (bicyclic) bond motifs is 3. The van der Waals surface area contributed by atoms with Crippen LogP contribution in [0, 0.1) is 28.1 Å². The Hall–Kier alpha value is -1.21. The standard InChI is InChI=1S/C27H42O6/c1-6-25(3)13-10-19-18(14-25)8-9-21-26(4,11-7-12-27(19,21)5)16-32-24-23(30)22(29)20(33-24)15-31-17(2)28/h6,8,19-24,29-30H,1,7,9-16H2,2-5H3/t19-,20-,21-,22-,23+,24+,25-,26+,27+/m0/s1. The molecular weight excluding hydrogens is 420 g/mol. The molecule has 0 aromatic heterocycles. The lowest BCUT2D eigenvalue weighted by molar-refractivity contribution is -0.202. The number of hydrogen-bond acceptors (Lipinski definition) is 6. The summed E-state index contributed by atoms with van der Waals surface area (Å²) in [5, 5.41) is 20.8. The molecule has 0 spiro atoms. The lowest BCUT2D eigenvalue weighted by Crippen LogP contribution is -2.53. The summed E-state index contributed by atoms with van der Waals surface area (Å²) in [6, 6.07) is 0. The van der Waals surface area contributed by atoms with Crippen molar-refractivity contribution in [2.24, 2.45) is 28.1 Å². The third-order valence-electron chi connectivity index (χ3n) is 9.41. The first-order valence-electron chi connectivity index (χ1n) is 12.6. The van der Waals surface area contributed by atoms with Gasteiger partial charge in [0.25, 0.3) is 0 Å². The minimum atomic E-state index is -1.16. The predicted octanol–water partition coefficient (Wildman–Crippen LogP) is 4.15. The van der Waals surface area contributed by atoms with E-state index in [1.807, 2.05) is 0 Å². The van der Waals surface area contributed by atoms with Gasteiger partial charge in [-0.3, -0.25) is 4.79 Å². The Kier molecular flexibility index (Phi) is 6.87. The fourth-order valence-corrected chi connectivity index (χ4v) is 7.37. The number of aliphatic hydroxyl groups excluding tert-OH is 2. The van der Waals surface area contributed by atoms with Crippen molar-refractivity contribution >= 4 is 5.97 Å². The van der Waals surface area contributed by atoms with Crippen LogP contribution in [0.4, 0.5) is 0 Å². The minimum Gasteiger partial charge on any atom is -0.463 e. The average Bonchev–Trinajstić information content (AvgIpc) is 3.04. The molecule has 0 bridgehead atoms. The molecular formula is C27H42O6. The van der Waals surface area contributed by atoms with E-state index in [1.54, 1.807) is 5.57 Å². The maximum Gasteiger partial charge on any atom is 0.302 e. The highest BCUT2D eigenvalue weighted by Crippen LogP contribution is 2.63. The van der Waals surface area contributed by atoms with Gasteiger partial charge in [0.2, 0.25) is 0 Å². The molecule has 2 saturated carbocycles. The molecule has 9 atom stereocenters. The van der Waals surface area contributed by atoms with E-state index < -0.39 is 30.6 Å². The molecule has 0 aromatic rings. The third kappa shape index (κ3) is 4.56. The molecule has 186 valence electrons. The van der Waals surface area contributed by atoms with Crippen molar-refractivity contribution in [3.8, 4) is 0 Å². The van der Waals surface area contributed by atoms with E-state index in [-0.39, 0.29) is 22.9 Å². The lowest BCUT2D eigenvalue weighted by Gasteiger charge is -2.60. The monoisotopic (exact) mass is 462 g/mol. The summed E-state index contributed by atoms with van der Waals surface area (Å²) >= 11 is 0. The topological polar surface area (TPSA) is 85.2 Å². The van der Waals surface area contributed by atoms with Crippen LogP contribution in [0.5, 0.6) is 0 Å². The molecule has 2 N–H and O–H groups in total. The zero-order valence-corrected chi connectivity index (χ0v) is 20.7. The van der Waals surface area contributed by atoms with Crippen LogP contribution >= 0.6 is 0 Å². The molecule has 1 aliphatic heterocycles. The molecule has 4 aliphatic rings. The van der Waals surface area contributed by atoms with Crippen molar-refractivity contribution in [1.29, 1.82) is 0 Å². The van der Waals surface area contributed by atoms with Crippen molar-refractivity contribution in [3.63, 3.8) is 0 Å². The van der Waals surface area contributed by atoms with Crippen molar-refractivity contribution < 1.29 is 29.2 Å². The number of carbonyl (C=O) groups excluding carboxylic acids is 1. The number of allylic oxidation sites excluding steroid dienone is 3. The summed E-state index contributed by atoms with van der Waals surface area (Å²) in [6.45, 7) is 12.9. The van der Waals surface area contributed by atoms with Gasteiger partial charge in [0.15, 0.2) is 6.29 Å². The van der Waals surface area contributed by atoms with Crippen LogP contribution in [0.15, 0.2) is 24.3 Å². The van der Waals surface area contributed by atoms with E-state index in [0.29, 0.717) is 18.4 Å². The molecule has 4 rings (SSSR count). The van der Waals surface area contributed by atoms with Gasteiger partial charge in [0.1, 0.15) is 24.9 Å². The highest BCUT2D eigenvalue weighted by Gasteiger charge is 2.56. The Bertz CT molecular complexity index is 793. The van der Waals surface area contributed by atoms with Crippen molar-refractivity contribution in [1.82, 2.24) is 0 Å². The second-order valence-corrected chi connectivity index (χ2v) is 11.8. The third-order valence-corrected chi connectivity index (χ3v) is 9.41. The number of hydrogen-bond donors (Lipinski definition) is 2. The Morgan fingerprint density at radius 3 is 2.70 bits per heavy atom. The number of rotatable bonds is 6. The fraction of sp³-hybridized carbons (Fsp3) is 0.815. The Balaban J connectivity index is 1.45. The quantitative estimate of drug-likeness (QED) is 0.456. The molecule has 3 fully saturated rings. The summed E-state index contributed by atoms with van der Waals surface area (Å²) < 4.78 is 16.8. The molecule has 0 radical (unpaired) electrons. The fourth-order valence-electron chi connectivity index (χ4n) is 7.37. The van der Waals surface area contributed by atoms with Gasteiger partial charge in [-0.15, -0.1) is 6.58 Å². The van der Waals surface area contributed by atoms with Crippen LogP contribution < -0.4 is 0 Å². The number of carbonyl (C=O) groups is 1. The van der Waals surface area contributed by atoms with Crippen LogP contribution in [0.1, 0.15) is 72.6 Å². The van der Waals surface area contributed by atoms with E-state index in [1.165, 1.54) is 32.6 Å². The van der Waals surface area contributed by atoms with Crippen molar-refractivity contribution in [2.45, 2.75) is 97.2 Å². The van der Waals surface area contributed by atoms with Gasteiger partial charge in [-0.25, -0.2) is 0 Å². The maximum atomic E-state index is 11.1. The van der Waals surface area contributed by atoms with Crippen LogP contribution in [0.25, 0.3) is 0 Å². The van der Waals surface area contributed by atoms with Crippen molar-refractivity contribution in [2.75, 3.05) is 13.2 Å². The Morgan fingerprint density at radius 2 is 2.00 bits per heavy atom. The summed E-state index contributed by atoms with van der Waals surface area (Å²) in [5.41, 5.74) is 2.05. The molecule has 0 aromatic carbocycles. The van der Waals surface area contributed by atoms with E-state index in [4.69, 9.17) is 14.2 Å². The minimum absolute atomic E-state index is 0.0315. The Morgan fingerprint density at radius 1 is 1.24 bits per heavy atom. The summed E-state index contributed by atoms with van der Waals surface area (Å²) in [5.74, 6) is 0.674. The Labute approximate surface area is 198 Å². The maximum absolute atomic E-state index is 11.1. The van der Waals surface area contributed by atoms with E-state index in [0.717, 1.165) is 19.3 Å². The normalized spacial score (nSPS) is 47.3. The van der Waals surface area contributed by atoms with Gasteiger partial charge in [0.05, 0.1) is 6.61 Å². The van der Waals surface area contributed by atoms with Crippen molar-refractivity contribution in [3.05, 3.63) is 24.3 Å². The van der Waals surface area contributed by atoms with Gasteiger partial charge in [-0.05, 0) is 66.6 Å². The van der Waals surface area contributed by atoms with E-state index in [2.05, 4.69) is 39.5 Å². The van der Waals surface area contributed by atoms with Gasteiger partial charge < -0.3 is 24.4 Å². The first-order valence-corrected chi connectivity index (χ1v) is 12.6. The van der Waals surface area contributed by atoms with Crippen LogP contribution in [0.3, 0.4) is 0 Å². The van der Waals surface area contributed by atoms with Crippen LogP contribution in [0.2, 0.25) is 0 Å². The molecule has 6 nitrogen and oxygen atoms in total. The molecule has 6 heteroatoms. The molecule has 1 saturated heterocycles. The highest BCUT2D eigenvalue weighted by atomic mass is 16.7. The number of ether oxygens (including phenoxy) is 3. The molecule has 1 heterocycles.